The predicted octanol–water partition coefficient (Wildman–Crippen LogP) is 1.17. The van der Waals surface area contributed by atoms with Crippen molar-refractivity contribution in [2.75, 3.05) is 33.2 Å². The monoisotopic (exact) mass is 206 g/mol. The molecule has 0 amide bonds. The summed E-state index contributed by atoms with van der Waals surface area (Å²) in [6.45, 7) is 8.10. The number of aliphatic hydroxyl groups is 1. The molecule has 0 atom stereocenters. The van der Waals surface area contributed by atoms with Gasteiger partial charge in [-0.1, -0.05) is 0 Å². The second kappa shape index (κ2) is 8.17. The smallest absolute Gasteiger partial charge is 0.146 e. The molecule has 14 heavy (non-hydrogen) atoms. The van der Waals surface area contributed by atoms with E-state index in [9.17, 15) is 0 Å². The van der Waals surface area contributed by atoms with Crippen LogP contribution in [0.2, 0.25) is 0 Å². The van der Waals surface area contributed by atoms with E-state index in [0.29, 0.717) is 26.2 Å². The van der Waals surface area contributed by atoms with Gasteiger partial charge < -0.3 is 19.3 Å². The molecule has 0 aliphatic rings. The van der Waals surface area contributed by atoms with E-state index in [1.165, 1.54) is 0 Å². The summed E-state index contributed by atoms with van der Waals surface area (Å²) < 4.78 is 15.7. The second-order valence-electron chi connectivity index (χ2n) is 3.97. The second-order valence-corrected chi connectivity index (χ2v) is 3.97. The van der Waals surface area contributed by atoms with E-state index in [0.717, 1.165) is 0 Å². The molecule has 0 fully saturated rings. The van der Waals surface area contributed by atoms with Gasteiger partial charge in [0.25, 0.3) is 0 Å². The highest BCUT2D eigenvalue weighted by Gasteiger charge is 2.08. The minimum atomic E-state index is -0.110. The molecule has 0 rings (SSSR count). The maximum atomic E-state index is 8.46. The largest absolute Gasteiger partial charge is 0.396 e. The first kappa shape index (κ1) is 13.8. The average Bonchev–Trinajstić information content (AvgIpc) is 2.08. The van der Waals surface area contributed by atoms with Crippen LogP contribution in [-0.2, 0) is 14.2 Å². The lowest BCUT2D eigenvalue weighted by atomic mass is 10.2. The summed E-state index contributed by atoms with van der Waals surface area (Å²) in [6, 6.07) is 0. The quantitative estimate of drug-likeness (QED) is 0.478. The third-order valence-electron chi connectivity index (χ3n) is 1.38. The van der Waals surface area contributed by atoms with Crippen molar-refractivity contribution < 1.29 is 19.3 Å². The fourth-order valence-electron chi connectivity index (χ4n) is 0.750. The molecule has 4 heteroatoms. The Balaban J connectivity index is 2.99. The maximum absolute atomic E-state index is 8.46. The summed E-state index contributed by atoms with van der Waals surface area (Å²) in [5.74, 6) is 0. The van der Waals surface area contributed by atoms with Crippen LogP contribution in [0.1, 0.15) is 27.2 Å². The SMILES string of the molecule is CC(C)(C)OCCOCOCCCO. The van der Waals surface area contributed by atoms with Crippen molar-refractivity contribution in [1.82, 2.24) is 0 Å². The van der Waals surface area contributed by atoms with Crippen molar-refractivity contribution in [2.45, 2.75) is 32.8 Å². The fraction of sp³-hybridized carbons (Fsp3) is 1.00. The van der Waals surface area contributed by atoms with Gasteiger partial charge in [0.2, 0.25) is 0 Å². The van der Waals surface area contributed by atoms with Gasteiger partial charge in [0.1, 0.15) is 6.79 Å². The van der Waals surface area contributed by atoms with Crippen molar-refractivity contribution in [3.8, 4) is 0 Å². The Morgan fingerprint density at radius 3 is 2.21 bits per heavy atom. The Bertz CT molecular complexity index is 120. The molecule has 0 aliphatic heterocycles. The summed E-state index contributed by atoms with van der Waals surface area (Å²) >= 11 is 0. The van der Waals surface area contributed by atoms with Gasteiger partial charge in [-0.25, -0.2) is 0 Å². The molecule has 0 aromatic heterocycles. The first-order valence-corrected chi connectivity index (χ1v) is 4.96. The number of hydrogen-bond donors (Lipinski definition) is 1. The van der Waals surface area contributed by atoms with Crippen LogP contribution in [0.4, 0.5) is 0 Å². The standard InChI is InChI=1S/C10H22O4/c1-10(2,3)14-8-7-13-9-12-6-4-5-11/h11H,4-9H2,1-3H3. The Morgan fingerprint density at radius 1 is 1.00 bits per heavy atom. The highest BCUT2D eigenvalue weighted by atomic mass is 16.7. The molecule has 0 unspecified atom stereocenters. The van der Waals surface area contributed by atoms with Gasteiger partial charge >= 0.3 is 0 Å². The molecule has 0 bridgehead atoms. The highest BCUT2D eigenvalue weighted by Crippen LogP contribution is 2.05. The van der Waals surface area contributed by atoms with Crippen LogP contribution in [-0.4, -0.2) is 43.9 Å². The lowest BCUT2D eigenvalue weighted by molar-refractivity contribution is -0.0905. The summed E-state index contributed by atoms with van der Waals surface area (Å²) in [5, 5.41) is 8.46. The van der Waals surface area contributed by atoms with E-state index in [4.69, 9.17) is 19.3 Å². The van der Waals surface area contributed by atoms with Crippen LogP contribution >= 0.6 is 0 Å². The van der Waals surface area contributed by atoms with Crippen molar-refractivity contribution in [3.63, 3.8) is 0 Å². The zero-order valence-electron chi connectivity index (χ0n) is 9.41. The third-order valence-corrected chi connectivity index (χ3v) is 1.38. The van der Waals surface area contributed by atoms with Crippen molar-refractivity contribution >= 4 is 0 Å². The van der Waals surface area contributed by atoms with Crippen LogP contribution in [0.25, 0.3) is 0 Å². The first-order chi connectivity index (χ1) is 6.56. The fourth-order valence-corrected chi connectivity index (χ4v) is 0.750. The number of ether oxygens (including phenoxy) is 3. The molecule has 0 heterocycles. The summed E-state index contributed by atoms with van der Waals surface area (Å²) in [6.07, 6.45) is 0.655. The molecule has 0 spiro atoms. The van der Waals surface area contributed by atoms with Crippen LogP contribution in [0.15, 0.2) is 0 Å². The van der Waals surface area contributed by atoms with Crippen molar-refractivity contribution in [1.29, 1.82) is 0 Å². The van der Waals surface area contributed by atoms with E-state index in [2.05, 4.69) is 0 Å². The molecule has 1 N–H and O–H groups in total. The molecular formula is C10H22O4. The van der Waals surface area contributed by atoms with E-state index in [-0.39, 0.29) is 19.0 Å². The van der Waals surface area contributed by atoms with Gasteiger partial charge in [-0.05, 0) is 27.2 Å². The number of hydrogen-bond acceptors (Lipinski definition) is 4. The molecule has 0 aromatic carbocycles. The molecule has 4 nitrogen and oxygen atoms in total. The van der Waals surface area contributed by atoms with Gasteiger partial charge in [-0.15, -0.1) is 0 Å². The van der Waals surface area contributed by atoms with Crippen LogP contribution in [0, 0.1) is 0 Å². The molecule has 86 valence electrons. The lowest BCUT2D eigenvalue weighted by Gasteiger charge is -2.19. The molecule has 0 saturated carbocycles. The summed E-state index contributed by atoms with van der Waals surface area (Å²) in [5.41, 5.74) is -0.110. The van der Waals surface area contributed by atoms with Crippen LogP contribution in [0.3, 0.4) is 0 Å². The summed E-state index contributed by atoms with van der Waals surface area (Å²) in [4.78, 5) is 0. The molecule has 0 aliphatic carbocycles. The van der Waals surface area contributed by atoms with Gasteiger partial charge in [0.15, 0.2) is 0 Å². The Hall–Kier alpha value is -0.160. The van der Waals surface area contributed by atoms with Crippen LogP contribution in [0.5, 0.6) is 0 Å². The molecule has 0 saturated heterocycles. The van der Waals surface area contributed by atoms with Gasteiger partial charge in [-0.2, -0.15) is 0 Å². The van der Waals surface area contributed by atoms with Gasteiger partial charge in [0, 0.05) is 6.61 Å². The van der Waals surface area contributed by atoms with Gasteiger partial charge in [-0.3, -0.25) is 0 Å². The zero-order chi connectivity index (χ0) is 10.9. The van der Waals surface area contributed by atoms with Crippen molar-refractivity contribution in [2.24, 2.45) is 0 Å². The third kappa shape index (κ3) is 11.8. The van der Waals surface area contributed by atoms with E-state index in [1.807, 2.05) is 20.8 Å². The maximum Gasteiger partial charge on any atom is 0.146 e. The average molecular weight is 206 g/mol. The number of rotatable bonds is 8. The molecule has 0 radical (unpaired) electrons. The topological polar surface area (TPSA) is 47.9 Å². The Kier molecular flexibility index (Phi) is 8.08. The molecule has 0 aromatic rings. The normalized spacial score (nSPS) is 12.0. The lowest BCUT2D eigenvalue weighted by Crippen LogP contribution is -2.22. The summed E-state index contributed by atoms with van der Waals surface area (Å²) in [7, 11) is 0. The van der Waals surface area contributed by atoms with Gasteiger partial charge in [0.05, 0.1) is 25.4 Å². The predicted molar refractivity (Wildman–Crippen MR) is 54.2 cm³/mol. The van der Waals surface area contributed by atoms with E-state index < -0.39 is 0 Å². The van der Waals surface area contributed by atoms with Crippen LogP contribution < -0.4 is 0 Å². The minimum absolute atomic E-state index is 0.110. The number of aliphatic hydroxyl groups excluding tert-OH is 1. The van der Waals surface area contributed by atoms with Crippen molar-refractivity contribution in [3.05, 3.63) is 0 Å². The zero-order valence-corrected chi connectivity index (χ0v) is 9.41. The minimum Gasteiger partial charge on any atom is -0.396 e. The molecular weight excluding hydrogens is 184 g/mol. The Labute approximate surface area is 86.2 Å². The first-order valence-electron chi connectivity index (χ1n) is 4.96. The van der Waals surface area contributed by atoms with E-state index >= 15 is 0 Å². The highest BCUT2D eigenvalue weighted by molar-refractivity contribution is 4.57. The van der Waals surface area contributed by atoms with E-state index in [1.54, 1.807) is 0 Å². The Morgan fingerprint density at radius 2 is 1.64 bits per heavy atom.